The van der Waals surface area contributed by atoms with E-state index in [0.717, 1.165) is 37.7 Å². The van der Waals surface area contributed by atoms with Gasteiger partial charge < -0.3 is 15.0 Å². The fourth-order valence-corrected chi connectivity index (χ4v) is 2.86. The Hall–Kier alpha value is -1.22. The minimum Gasteiger partial charge on any atom is -0.491 e. The van der Waals surface area contributed by atoms with Crippen molar-refractivity contribution in [2.75, 3.05) is 24.5 Å². The maximum absolute atomic E-state index is 5.94. The summed E-state index contributed by atoms with van der Waals surface area (Å²) in [4.78, 5) is 2.48. The van der Waals surface area contributed by atoms with Crippen LogP contribution in [-0.4, -0.2) is 31.8 Å². The standard InChI is InChI=1S/C18H30N2O/c1-5-15(4)21-18-8-6-7-17(12-18)20-10-9-19-16(13-20)11-14(2)3/h6-8,12,14-16,19H,5,9-11,13H2,1-4H3. The number of nitrogens with one attached hydrogen (secondary N) is 1. The van der Waals surface area contributed by atoms with Crippen LogP contribution in [0.1, 0.15) is 40.5 Å². The lowest BCUT2D eigenvalue weighted by Crippen LogP contribution is -2.51. The second kappa shape index (κ2) is 7.69. The number of hydrogen-bond acceptors (Lipinski definition) is 3. The van der Waals surface area contributed by atoms with Gasteiger partial charge in [0, 0.05) is 37.4 Å². The van der Waals surface area contributed by atoms with Crippen LogP contribution in [0.15, 0.2) is 24.3 Å². The Morgan fingerprint density at radius 2 is 2.14 bits per heavy atom. The number of nitrogens with zero attached hydrogens (tertiary/aromatic N) is 1. The molecule has 2 unspecified atom stereocenters. The molecule has 1 aromatic carbocycles. The van der Waals surface area contributed by atoms with Crippen molar-refractivity contribution in [1.82, 2.24) is 5.32 Å². The molecule has 0 amide bonds. The lowest BCUT2D eigenvalue weighted by Gasteiger charge is -2.36. The van der Waals surface area contributed by atoms with Gasteiger partial charge in [-0.25, -0.2) is 0 Å². The summed E-state index contributed by atoms with van der Waals surface area (Å²) in [6.07, 6.45) is 2.55. The van der Waals surface area contributed by atoms with Crippen molar-refractivity contribution in [3.63, 3.8) is 0 Å². The third-order valence-corrected chi connectivity index (χ3v) is 4.11. The summed E-state index contributed by atoms with van der Waals surface area (Å²) in [5.74, 6) is 1.73. The predicted octanol–water partition coefficient (Wildman–Crippen LogP) is 3.69. The molecular formula is C18H30N2O. The van der Waals surface area contributed by atoms with Gasteiger partial charge in [-0.2, -0.15) is 0 Å². The van der Waals surface area contributed by atoms with Gasteiger partial charge in [0.1, 0.15) is 5.75 Å². The molecule has 0 spiro atoms. The summed E-state index contributed by atoms with van der Waals surface area (Å²) < 4.78 is 5.94. The lowest BCUT2D eigenvalue weighted by atomic mass is 10.0. The van der Waals surface area contributed by atoms with Gasteiger partial charge >= 0.3 is 0 Å². The molecule has 3 nitrogen and oxygen atoms in total. The average Bonchev–Trinajstić information content (AvgIpc) is 2.47. The molecule has 118 valence electrons. The molecule has 3 heteroatoms. The van der Waals surface area contributed by atoms with Crippen molar-refractivity contribution in [3.05, 3.63) is 24.3 Å². The van der Waals surface area contributed by atoms with Crippen molar-refractivity contribution in [2.24, 2.45) is 5.92 Å². The van der Waals surface area contributed by atoms with Crippen molar-refractivity contribution in [3.8, 4) is 5.75 Å². The van der Waals surface area contributed by atoms with E-state index in [2.05, 4.69) is 62.2 Å². The average molecular weight is 290 g/mol. The van der Waals surface area contributed by atoms with Crippen molar-refractivity contribution < 1.29 is 4.74 Å². The normalized spacial score (nSPS) is 20.6. The second-order valence-corrected chi connectivity index (χ2v) is 6.56. The highest BCUT2D eigenvalue weighted by Crippen LogP contribution is 2.24. The molecule has 0 aromatic heterocycles. The minimum absolute atomic E-state index is 0.275. The van der Waals surface area contributed by atoms with Crippen LogP contribution in [0.2, 0.25) is 0 Å². The van der Waals surface area contributed by atoms with Crippen LogP contribution < -0.4 is 15.0 Å². The smallest absolute Gasteiger partial charge is 0.121 e. The zero-order valence-electron chi connectivity index (χ0n) is 13.9. The largest absolute Gasteiger partial charge is 0.491 e. The topological polar surface area (TPSA) is 24.5 Å². The molecule has 0 radical (unpaired) electrons. The molecule has 0 bridgehead atoms. The Bertz CT molecular complexity index is 433. The third-order valence-electron chi connectivity index (χ3n) is 4.11. The molecule has 1 heterocycles. The molecule has 21 heavy (non-hydrogen) atoms. The summed E-state index contributed by atoms with van der Waals surface area (Å²) in [5.41, 5.74) is 1.28. The maximum Gasteiger partial charge on any atom is 0.121 e. The van der Waals surface area contributed by atoms with E-state index in [9.17, 15) is 0 Å². The number of benzene rings is 1. The first-order chi connectivity index (χ1) is 10.1. The van der Waals surface area contributed by atoms with E-state index in [-0.39, 0.29) is 6.10 Å². The zero-order valence-corrected chi connectivity index (χ0v) is 13.9. The highest BCUT2D eigenvalue weighted by molar-refractivity contribution is 5.51. The Morgan fingerprint density at radius 3 is 2.86 bits per heavy atom. The number of hydrogen-bond donors (Lipinski definition) is 1. The van der Waals surface area contributed by atoms with Crippen LogP contribution in [0.3, 0.4) is 0 Å². The van der Waals surface area contributed by atoms with Gasteiger partial charge in [0.2, 0.25) is 0 Å². The van der Waals surface area contributed by atoms with Gasteiger partial charge in [0.25, 0.3) is 0 Å². The van der Waals surface area contributed by atoms with E-state index in [1.54, 1.807) is 0 Å². The summed E-state index contributed by atoms with van der Waals surface area (Å²) >= 11 is 0. The molecule has 1 aromatic rings. The highest BCUT2D eigenvalue weighted by atomic mass is 16.5. The molecule has 2 atom stereocenters. The maximum atomic E-state index is 5.94. The van der Waals surface area contributed by atoms with E-state index in [4.69, 9.17) is 4.74 Å². The van der Waals surface area contributed by atoms with Crippen molar-refractivity contribution >= 4 is 5.69 Å². The molecule has 2 rings (SSSR count). The van der Waals surface area contributed by atoms with Gasteiger partial charge in [-0.15, -0.1) is 0 Å². The Morgan fingerprint density at radius 1 is 1.33 bits per heavy atom. The number of rotatable bonds is 6. The highest BCUT2D eigenvalue weighted by Gasteiger charge is 2.20. The van der Waals surface area contributed by atoms with E-state index in [1.165, 1.54) is 12.1 Å². The summed E-state index contributed by atoms with van der Waals surface area (Å²) in [5, 5.41) is 3.63. The molecule has 1 N–H and O–H groups in total. The van der Waals surface area contributed by atoms with Crippen LogP contribution in [0, 0.1) is 5.92 Å². The summed E-state index contributed by atoms with van der Waals surface area (Å²) in [7, 11) is 0. The molecular weight excluding hydrogens is 260 g/mol. The monoisotopic (exact) mass is 290 g/mol. The van der Waals surface area contributed by atoms with Gasteiger partial charge in [-0.3, -0.25) is 0 Å². The molecule has 1 aliphatic rings. The van der Waals surface area contributed by atoms with Crippen LogP contribution in [0.25, 0.3) is 0 Å². The number of anilines is 1. The predicted molar refractivity (Wildman–Crippen MR) is 90.3 cm³/mol. The summed E-state index contributed by atoms with van der Waals surface area (Å²) in [6.45, 7) is 12.1. The first-order valence-corrected chi connectivity index (χ1v) is 8.33. The summed E-state index contributed by atoms with van der Waals surface area (Å²) in [6, 6.07) is 9.14. The van der Waals surface area contributed by atoms with Crippen LogP contribution in [0.5, 0.6) is 5.75 Å². The minimum atomic E-state index is 0.275. The van der Waals surface area contributed by atoms with E-state index >= 15 is 0 Å². The number of ether oxygens (including phenoxy) is 1. The second-order valence-electron chi connectivity index (χ2n) is 6.56. The molecule has 1 aliphatic heterocycles. The molecule has 0 saturated carbocycles. The number of piperazine rings is 1. The first kappa shape index (κ1) is 16.2. The van der Waals surface area contributed by atoms with Crippen LogP contribution in [0.4, 0.5) is 5.69 Å². The van der Waals surface area contributed by atoms with Gasteiger partial charge in [-0.05, 0) is 37.8 Å². The SMILES string of the molecule is CCC(C)Oc1cccc(N2CCNC(CC(C)C)C2)c1. The quantitative estimate of drug-likeness (QED) is 0.865. The van der Waals surface area contributed by atoms with E-state index in [0.29, 0.717) is 6.04 Å². The fraction of sp³-hybridized carbons (Fsp3) is 0.667. The van der Waals surface area contributed by atoms with Gasteiger partial charge in [-0.1, -0.05) is 26.8 Å². The van der Waals surface area contributed by atoms with Gasteiger partial charge in [0.15, 0.2) is 0 Å². The van der Waals surface area contributed by atoms with Crippen molar-refractivity contribution in [2.45, 2.75) is 52.7 Å². The zero-order chi connectivity index (χ0) is 15.2. The Labute approximate surface area is 129 Å². The molecule has 1 fully saturated rings. The van der Waals surface area contributed by atoms with E-state index in [1.807, 2.05) is 0 Å². The van der Waals surface area contributed by atoms with Crippen LogP contribution in [-0.2, 0) is 0 Å². The molecule has 0 aliphatic carbocycles. The molecule has 1 saturated heterocycles. The Balaban J connectivity index is 2.01. The van der Waals surface area contributed by atoms with Crippen LogP contribution >= 0.6 is 0 Å². The fourth-order valence-electron chi connectivity index (χ4n) is 2.86. The third kappa shape index (κ3) is 4.92. The Kier molecular flexibility index (Phi) is 5.92. The first-order valence-electron chi connectivity index (χ1n) is 8.33. The lowest BCUT2D eigenvalue weighted by molar-refractivity contribution is 0.217. The van der Waals surface area contributed by atoms with Gasteiger partial charge in [0.05, 0.1) is 6.10 Å². The van der Waals surface area contributed by atoms with Crippen molar-refractivity contribution in [1.29, 1.82) is 0 Å². The van der Waals surface area contributed by atoms with E-state index < -0.39 is 0 Å².